The molecular weight excluding hydrogens is 320 g/mol. The summed E-state index contributed by atoms with van der Waals surface area (Å²) in [5.74, 6) is -1.05. The second-order valence-corrected chi connectivity index (χ2v) is 6.15. The van der Waals surface area contributed by atoms with E-state index in [4.69, 9.17) is 4.74 Å². The Morgan fingerprint density at radius 1 is 1.00 bits per heavy atom. The number of carbonyl (C=O) groups excluding carboxylic acids is 3. The molecule has 2 amide bonds. The van der Waals surface area contributed by atoms with Crippen molar-refractivity contribution in [3.8, 4) is 0 Å². The molecule has 1 aromatic rings. The molecule has 0 bridgehead atoms. The molecule has 0 radical (unpaired) electrons. The van der Waals surface area contributed by atoms with Gasteiger partial charge in [-0.3, -0.25) is 9.59 Å². The molecule has 0 aliphatic carbocycles. The molecule has 6 heteroatoms. The van der Waals surface area contributed by atoms with Gasteiger partial charge in [-0.2, -0.15) is 0 Å². The molecular formula is C19H28N2O4. The zero-order valence-corrected chi connectivity index (χ0v) is 15.4. The number of carbonyl (C=O) groups is 3. The molecule has 0 saturated carbocycles. The van der Waals surface area contributed by atoms with E-state index in [-0.39, 0.29) is 36.6 Å². The van der Waals surface area contributed by atoms with E-state index in [9.17, 15) is 14.4 Å². The van der Waals surface area contributed by atoms with Gasteiger partial charge < -0.3 is 15.4 Å². The summed E-state index contributed by atoms with van der Waals surface area (Å²) in [7, 11) is 1.29. The lowest BCUT2D eigenvalue weighted by molar-refractivity contribution is -0.146. The minimum Gasteiger partial charge on any atom is -0.467 e. The standard InChI is InChI=1S/C19H28N2O4/c1-5-13(2)18(19(24)25-4)21-17(23)12-11-16(22)20-14(3)15-9-7-6-8-10-15/h6-10,13-14,18H,5,11-12H2,1-4H3,(H,20,22)(H,21,23)/t13-,14-,18-/m1/s1. The molecule has 0 fully saturated rings. The van der Waals surface area contributed by atoms with Gasteiger partial charge in [0.2, 0.25) is 11.8 Å². The summed E-state index contributed by atoms with van der Waals surface area (Å²) in [6, 6.07) is 8.79. The van der Waals surface area contributed by atoms with E-state index < -0.39 is 12.0 Å². The molecule has 0 aliphatic rings. The summed E-state index contributed by atoms with van der Waals surface area (Å²) in [6.07, 6.45) is 0.823. The van der Waals surface area contributed by atoms with E-state index in [0.29, 0.717) is 0 Å². The molecule has 0 aliphatic heterocycles. The Morgan fingerprint density at radius 3 is 2.08 bits per heavy atom. The molecule has 25 heavy (non-hydrogen) atoms. The third kappa shape index (κ3) is 6.95. The first-order valence-electron chi connectivity index (χ1n) is 8.60. The number of ether oxygens (including phenoxy) is 1. The van der Waals surface area contributed by atoms with Gasteiger partial charge in [-0.05, 0) is 18.4 Å². The number of rotatable bonds is 9. The van der Waals surface area contributed by atoms with Crippen molar-refractivity contribution in [2.24, 2.45) is 5.92 Å². The van der Waals surface area contributed by atoms with Gasteiger partial charge in [-0.25, -0.2) is 4.79 Å². The summed E-state index contributed by atoms with van der Waals surface area (Å²) in [4.78, 5) is 35.8. The highest BCUT2D eigenvalue weighted by Crippen LogP contribution is 2.12. The van der Waals surface area contributed by atoms with Crippen LogP contribution in [0.2, 0.25) is 0 Å². The normalized spacial score (nSPS) is 14.1. The largest absolute Gasteiger partial charge is 0.467 e. The average molecular weight is 348 g/mol. The zero-order chi connectivity index (χ0) is 18.8. The second-order valence-electron chi connectivity index (χ2n) is 6.15. The highest BCUT2D eigenvalue weighted by Gasteiger charge is 2.26. The second kappa shape index (κ2) is 10.5. The summed E-state index contributed by atoms with van der Waals surface area (Å²) < 4.78 is 4.73. The SMILES string of the molecule is CC[C@@H](C)[C@@H](NC(=O)CCC(=O)N[C@H](C)c1ccccc1)C(=O)OC. The number of methoxy groups -OCH3 is 1. The summed E-state index contributed by atoms with van der Waals surface area (Å²) >= 11 is 0. The van der Waals surface area contributed by atoms with Crippen LogP contribution in [0.15, 0.2) is 30.3 Å². The van der Waals surface area contributed by atoms with Gasteiger partial charge in [0, 0.05) is 12.8 Å². The fourth-order valence-electron chi connectivity index (χ4n) is 2.41. The van der Waals surface area contributed by atoms with Gasteiger partial charge in [0.1, 0.15) is 6.04 Å². The van der Waals surface area contributed by atoms with Crippen molar-refractivity contribution in [1.29, 1.82) is 0 Å². The van der Waals surface area contributed by atoms with Crippen molar-refractivity contribution in [1.82, 2.24) is 10.6 Å². The minimum absolute atomic E-state index is 0.0251. The first kappa shape index (κ1) is 20.7. The Hall–Kier alpha value is -2.37. The van der Waals surface area contributed by atoms with Crippen LogP contribution < -0.4 is 10.6 Å². The maximum atomic E-state index is 12.1. The van der Waals surface area contributed by atoms with E-state index in [2.05, 4.69) is 10.6 Å². The van der Waals surface area contributed by atoms with Crippen LogP contribution in [0.1, 0.15) is 51.6 Å². The van der Waals surface area contributed by atoms with Crippen LogP contribution in [0.25, 0.3) is 0 Å². The van der Waals surface area contributed by atoms with Gasteiger partial charge >= 0.3 is 5.97 Å². The van der Waals surface area contributed by atoms with E-state index >= 15 is 0 Å². The topological polar surface area (TPSA) is 84.5 Å². The molecule has 0 saturated heterocycles. The van der Waals surface area contributed by atoms with Crippen molar-refractivity contribution in [2.75, 3.05) is 7.11 Å². The minimum atomic E-state index is -0.686. The Bertz CT molecular complexity index is 574. The zero-order valence-electron chi connectivity index (χ0n) is 15.4. The van der Waals surface area contributed by atoms with Crippen LogP contribution in [0, 0.1) is 5.92 Å². The van der Waals surface area contributed by atoms with Gasteiger partial charge in [0.25, 0.3) is 0 Å². The Kier molecular flexibility index (Phi) is 8.67. The Labute approximate surface area is 149 Å². The highest BCUT2D eigenvalue weighted by atomic mass is 16.5. The molecule has 0 aromatic heterocycles. The van der Waals surface area contributed by atoms with Gasteiger partial charge in [-0.15, -0.1) is 0 Å². The number of benzene rings is 1. The molecule has 1 aromatic carbocycles. The Morgan fingerprint density at radius 2 is 1.56 bits per heavy atom. The van der Waals surface area contributed by atoms with Gasteiger partial charge in [0.15, 0.2) is 0 Å². The predicted molar refractivity (Wildman–Crippen MR) is 95.6 cm³/mol. The third-order valence-electron chi connectivity index (χ3n) is 4.24. The van der Waals surface area contributed by atoms with Gasteiger partial charge in [-0.1, -0.05) is 50.6 Å². The van der Waals surface area contributed by atoms with Crippen molar-refractivity contribution >= 4 is 17.8 Å². The number of esters is 1. The van der Waals surface area contributed by atoms with E-state index in [1.807, 2.05) is 51.1 Å². The van der Waals surface area contributed by atoms with Crippen LogP contribution in [0.5, 0.6) is 0 Å². The smallest absolute Gasteiger partial charge is 0.328 e. The Balaban J connectivity index is 2.46. The van der Waals surface area contributed by atoms with E-state index in [1.165, 1.54) is 7.11 Å². The lowest BCUT2D eigenvalue weighted by Crippen LogP contribution is -2.45. The monoisotopic (exact) mass is 348 g/mol. The summed E-state index contributed by atoms with van der Waals surface area (Å²) in [5, 5.41) is 5.53. The number of nitrogens with one attached hydrogen (secondary N) is 2. The maximum absolute atomic E-state index is 12.1. The lowest BCUT2D eigenvalue weighted by atomic mass is 9.99. The van der Waals surface area contributed by atoms with E-state index in [1.54, 1.807) is 0 Å². The molecule has 0 spiro atoms. The summed E-state index contributed by atoms with van der Waals surface area (Å²) in [6.45, 7) is 5.70. The fraction of sp³-hybridized carbons (Fsp3) is 0.526. The third-order valence-corrected chi connectivity index (χ3v) is 4.24. The highest BCUT2D eigenvalue weighted by molar-refractivity contribution is 5.87. The molecule has 1 rings (SSSR count). The summed E-state index contributed by atoms with van der Waals surface area (Å²) in [5.41, 5.74) is 1.00. The van der Waals surface area contributed by atoms with Crippen LogP contribution in [0.4, 0.5) is 0 Å². The van der Waals surface area contributed by atoms with Crippen molar-refractivity contribution < 1.29 is 19.1 Å². The lowest BCUT2D eigenvalue weighted by Gasteiger charge is -2.21. The predicted octanol–water partition coefficient (Wildman–Crippen LogP) is 2.35. The van der Waals surface area contributed by atoms with Crippen molar-refractivity contribution in [3.63, 3.8) is 0 Å². The number of amides is 2. The van der Waals surface area contributed by atoms with Crippen molar-refractivity contribution in [3.05, 3.63) is 35.9 Å². The number of hydrogen-bond acceptors (Lipinski definition) is 4. The molecule has 3 atom stereocenters. The molecule has 2 N–H and O–H groups in total. The molecule has 138 valence electrons. The molecule has 0 heterocycles. The van der Waals surface area contributed by atoms with Crippen molar-refractivity contribution in [2.45, 2.75) is 52.1 Å². The van der Waals surface area contributed by atoms with E-state index in [0.717, 1.165) is 12.0 Å². The van der Waals surface area contributed by atoms with Gasteiger partial charge in [0.05, 0.1) is 13.2 Å². The van der Waals surface area contributed by atoms with Crippen LogP contribution in [-0.2, 0) is 19.1 Å². The van der Waals surface area contributed by atoms with Crippen LogP contribution in [-0.4, -0.2) is 30.9 Å². The first-order chi connectivity index (χ1) is 11.9. The molecule has 0 unspecified atom stereocenters. The maximum Gasteiger partial charge on any atom is 0.328 e. The molecule has 6 nitrogen and oxygen atoms in total. The van der Waals surface area contributed by atoms with Crippen LogP contribution in [0.3, 0.4) is 0 Å². The quantitative estimate of drug-likeness (QED) is 0.671. The first-order valence-corrected chi connectivity index (χ1v) is 8.60. The van der Waals surface area contributed by atoms with Crippen LogP contribution >= 0.6 is 0 Å². The average Bonchev–Trinajstić information content (AvgIpc) is 2.63. The number of hydrogen-bond donors (Lipinski definition) is 2. The fourth-order valence-corrected chi connectivity index (χ4v) is 2.41.